The fourth-order valence-corrected chi connectivity index (χ4v) is 4.98. The molecule has 0 amide bonds. The second-order valence-corrected chi connectivity index (χ2v) is 6.99. The van der Waals surface area contributed by atoms with Crippen LogP contribution in [0, 0.1) is 23.7 Å². The molecule has 3 fully saturated rings. The van der Waals surface area contributed by atoms with Crippen LogP contribution < -0.4 is 5.32 Å². The van der Waals surface area contributed by atoms with Crippen LogP contribution in [-0.4, -0.2) is 25.3 Å². The summed E-state index contributed by atoms with van der Waals surface area (Å²) in [6.07, 6.45) is 9.14. The van der Waals surface area contributed by atoms with E-state index < -0.39 is 0 Å². The van der Waals surface area contributed by atoms with Crippen LogP contribution >= 0.6 is 0 Å². The second-order valence-electron chi connectivity index (χ2n) is 6.99. The maximum atomic E-state index is 5.60. The van der Waals surface area contributed by atoms with Crippen molar-refractivity contribution in [3.63, 3.8) is 0 Å². The molecule has 3 aliphatic rings. The molecule has 0 aromatic rings. The Morgan fingerprint density at radius 2 is 1.94 bits per heavy atom. The van der Waals surface area contributed by atoms with Gasteiger partial charge in [-0.2, -0.15) is 0 Å². The lowest BCUT2D eigenvalue weighted by Crippen LogP contribution is -2.40. The summed E-state index contributed by atoms with van der Waals surface area (Å²) in [6.45, 7) is 6.29. The largest absolute Gasteiger partial charge is 0.379 e. The number of fused-ring (bicyclic) bond motifs is 5. The highest BCUT2D eigenvalue weighted by atomic mass is 16.5. The summed E-state index contributed by atoms with van der Waals surface area (Å²) in [4.78, 5) is 0. The fraction of sp³-hybridized carbons (Fsp3) is 1.00. The minimum Gasteiger partial charge on any atom is -0.379 e. The van der Waals surface area contributed by atoms with Crippen molar-refractivity contribution in [2.75, 3.05) is 13.2 Å². The minimum absolute atomic E-state index is 0.381. The maximum absolute atomic E-state index is 5.60. The van der Waals surface area contributed by atoms with Crippen molar-refractivity contribution >= 4 is 0 Å². The Balaban J connectivity index is 1.38. The van der Waals surface area contributed by atoms with E-state index in [9.17, 15) is 0 Å². The van der Waals surface area contributed by atoms with E-state index in [-0.39, 0.29) is 0 Å². The number of hydrogen-bond donors (Lipinski definition) is 1. The molecule has 5 unspecified atom stereocenters. The molecule has 0 aromatic heterocycles. The maximum Gasteiger partial charge on any atom is 0.0518 e. The summed E-state index contributed by atoms with van der Waals surface area (Å²) < 4.78 is 5.60. The molecule has 0 saturated heterocycles. The summed E-state index contributed by atoms with van der Waals surface area (Å²) in [6, 6.07) is 0.841. The van der Waals surface area contributed by atoms with Gasteiger partial charge in [-0.05, 0) is 76.2 Å². The fourth-order valence-electron chi connectivity index (χ4n) is 4.98. The van der Waals surface area contributed by atoms with Crippen molar-refractivity contribution in [3.05, 3.63) is 0 Å². The van der Waals surface area contributed by atoms with Gasteiger partial charge in [0.15, 0.2) is 0 Å². The van der Waals surface area contributed by atoms with E-state index in [1.807, 2.05) is 0 Å². The number of ether oxygens (including phenoxy) is 1. The lowest BCUT2D eigenvalue weighted by molar-refractivity contribution is 0.0758. The topological polar surface area (TPSA) is 21.3 Å². The first kappa shape index (κ1) is 12.9. The average Bonchev–Trinajstić information content (AvgIpc) is 2.99. The van der Waals surface area contributed by atoms with Crippen molar-refractivity contribution in [3.8, 4) is 0 Å². The third kappa shape index (κ3) is 2.46. The zero-order valence-electron chi connectivity index (χ0n) is 12.0. The van der Waals surface area contributed by atoms with Gasteiger partial charge in [0.1, 0.15) is 0 Å². The predicted octanol–water partition coefficient (Wildman–Crippen LogP) is 3.22. The van der Waals surface area contributed by atoms with E-state index in [0.717, 1.165) is 42.9 Å². The number of nitrogens with one attached hydrogen (secondary N) is 1. The van der Waals surface area contributed by atoms with Gasteiger partial charge in [0.05, 0.1) is 6.10 Å². The molecular formula is C16H29NO. The Hall–Kier alpha value is -0.0800. The average molecular weight is 251 g/mol. The highest BCUT2D eigenvalue weighted by Crippen LogP contribution is 2.58. The zero-order chi connectivity index (χ0) is 12.5. The molecule has 0 radical (unpaired) electrons. The molecule has 3 saturated carbocycles. The van der Waals surface area contributed by atoms with Gasteiger partial charge >= 0.3 is 0 Å². The molecule has 2 nitrogen and oxygen atoms in total. The van der Waals surface area contributed by atoms with Gasteiger partial charge in [0.2, 0.25) is 0 Å². The van der Waals surface area contributed by atoms with E-state index in [1.54, 1.807) is 6.42 Å². The standard InChI is InChI=1S/C16H29NO/c1-11(2)18-8-4-7-17-16-10-12-9-15(16)14-6-3-5-13(12)14/h11-17H,3-10H2,1-2H3. The first-order valence-electron chi connectivity index (χ1n) is 8.10. The molecule has 0 aliphatic heterocycles. The van der Waals surface area contributed by atoms with Crippen LogP contribution in [0.5, 0.6) is 0 Å². The first-order chi connectivity index (χ1) is 8.75. The predicted molar refractivity (Wildman–Crippen MR) is 74.5 cm³/mol. The van der Waals surface area contributed by atoms with E-state index in [0.29, 0.717) is 6.10 Å². The molecule has 0 spiro atoms. The highest BCUT2D eigenvalue weighted by molar-refractivity contribution is 5.05. The Kier molecular flexibility index (Phi) is 3.95. The molecule has 5 atom stereocenters. The Bertz CT molecular complexity index is 278. The van der Waals surface area contributed by atoms with Gasteiger partial charge < -0.3 is 10.1 Å². The van der Waals surface area contributed by atoms with Gasteiger partial charge in [-0.15, -0.1) is 0 Å². The van der Waals surface area contributed by atoms with Gasteiger partial charge in [-0.1, -0.05) is 6.42 Å². The molecule has 2 heteroatoms. The third-order valence-electron chi connectivity index (χ3n) is 5.61. The van der Waals surface area contributed by atoms with Crippen LogP contribution in [0.4, 0.5) is 0 Å². The molecule has 18 heavy (non-hydrogen) atoms. The van der Waals surface area contributed by atoms with Crippen LogP contribution in [-0.2, 0) is 4.74 Å². The molecule has 104 valence electrons. The number of rotatable bonds is 6. The SMILES string of the molecule is CC(C)OCCCNC1CC2CC1C1CCCC21. The lowest BCUT2D eigenvalue weighted by Gasteiger charge is -2.32. The van der Waals surface area contributed by atoms with Crippen molar-refractivity contribution in [1.82, 2.24) is 5.32 Å². The molecular weight excluding hydrogens is 222 g/mol. The van der Waals surface area contributed by atoms with E-state index >= 15 is 0 Å². The van der Waals surface area contributed by atoms with Crippen LogP contribution in [0.15, 0.2) is 0 Å². The van der Waals surface area contributed by atoms with Gasteiger partial charge in [-0.25, -0.2) is 0 Å². The molecule has 3 aliphatic carbocycles. The lowest BCUT2D eigenvalue weighted by atomic mass is 9.79. The summed E-state index contributed by atoms with van der Waals surface area (Å²) in [7, 11) is 0. The zero-order valence-corrected chi connectivity index (χ0v) is 12.0. The Morgan fingerprint density at radius 1 is 1.11 bits per heavy atom. The van der Waals surface area contributed by atoms with Crippen LogP contribution in [0.3, 0.4) is 0 Å². The summed E-state index contributed by atoms with van der Waals surface area (Å²) in [5.74, 6) is 4.31. The van der Waals surface area contributed by atoms with Gasteiger partial charge in [0, 0.05) is 12.6 Å². The van der Waals surface area contributed by atoms with Gasteiger partial charge in [-0.3, -0.25) is 0 Å². The van der Waals surface area contributed by atoms with Crippen molar-refractivity contribution in [1.29, 1.82) is 0 Å². The second kappa shape index (κ2) is 5.50. The van der Waals surface area contributed by atoms with E-state index in [2.05, 4.69) is 19.2 Å². The van der Waals surface area contributed by atoms with Crippen LogP contribution in [0.1, 0.15) is 52.4 Å². The van der Waals surface area contributed by atoms with E-state index in [4.69, 9.17) is 4.74 Å². The first-order valence-corrected chi connectivity index (χ1v) is 8.10. The smallest absolute Gasteiger partial charge is 0.0518 e. The van der Waals surface area contributed by atoms with Gasteiger partial charge in [0.25, 0.3) is 0 Å². The normalized spacial score (nSPS) is 41.8. The summed E-state index contributed by atoms with van der Waals surface area (Å²) in [5.41, 5.74) is 0. The van der Waals surface area contributed by atoms with Crippen molar-refractivity contribution in [2.24, 2.45) is 23.7 Å². The summed E-state index contributed by atoms with van der Waals surface area (Å²) in [5, 5.41) is 3.82. The molecule has 1 N–H and O–H groups in total. The molecule has 3 rings (SSSR count). The monoisotopic (exact) mass is 251 g/mol. The quantitative estimate of drug-likeness (QED) is 0.732. The van der Waals surface area contributed by atoms with Crippen LogP contribution in [0.25, 0.3) is 0 Å². The Morgan fingerprint density at radius 3 is 2.78 bits per heavy atom. The summed E-state index contributed by atoms with van der Waals surface area (Å²) >= 11 is 0. The van der Waals surface area contributed by atoms with E-state index in [1.165, 1.54) is 32.1 Å². The van der Waals surface area contributed by atoms with Crippen molar-refractivity contribution < 1.29 is 4.74 Å². The molecule has 2 bridgehead atoms. The Labute approximate surface area is 112 Å². The third-order valence-corrected chi connectivity index (χ3v) is 5.61. The number of hydrogen-bond acceptors (Lipinski definition) is 2. The molecule has 0 heterocycles. The van der Waals surface area contributed by atoms with Crippen LogP contribution in [0.2, 0.25) is 0 Å². The highest BCUT2D eigenvalue weighted by Gasteiger charge is 2.53. The minimum atomic E-state index is 0.381. The van der Waals surface area contributed by atoms with Crippen molar-refractivity contribution in [2.45, 2.75) is 64.5 Å². The molecule has 0 aromatic carbocycles.